The van der Waals surface area contributed by atoms with Crippen molar-refractivity contribution in [2.75, 3.05) is 32.7 Å². The third-order valence-corrected chi connectivity index (χ3v) is 9.64. The molecule has 3 heterocycles. The number of hydrogen-bond acceptors (Lipinski definition) is 5. The average molecular weight is 486 g/mol. The zero-order valence-corrected chi connectivity index (χ0v) is 20.0. The van der Waals surface area contributed by atoms with Crippen LogP contribution in [0.3, 0.4) is 0 Å². The van der Waals surface area contributed by atoms with Gasteiger partial charge in [0.05, 0.1) is 23.9 Å². The molecule has 0 saturated carbocycles. The number of likely N-dealkylation sites (tertiary alicyclic amines) is 1. The smallest absolute Gasteiger partial charge is 0.282 e. The summed E-state index contributed by atoms with van der Waals surface area (Å²) in [6.45, 7) is 1.47. The van der Waals surface area contributed by atoms with Gasteiger partial charge < -0.3 is 10.2 Å². The first-order valence-corrected chi connectivity index (χ1v) is 13.6. The third kappa shape index (κ3) is 4.21. The van der Waals surface area contributed by atoms with E-state index >= 15 is 0 Å². The molecular formula is C24H31N5O4S. The van der Waals surface area contributed by atoms with Crippen LogP contribution in [0.4, 0.5) is 0 Å². The van der Waals surface area contributed by atoms with E-state index in [2.05, 4.69) is 23.5 Å². The number of aryl methyl sites for hydroxylation is 1. The second kappa shape index (κ2) is 9.29. The molecule has 3 saturated heterocycles. The number of carbonyl (C=O) groups excluding carboxylic acids is 2. The Morgan fingerprint density at radius 2 is 1.76 bits per heavy atom. The zero-order chi connectivity index (χ0) is 23.9. The van der Waals surface area contributed by atoms with Crippen LogP contribution in [0.15, 0.2) is 24.3 Å². The summed E-state index contributed by atoms with van der Waals surface area (Å²) in [6.07, 6.45) is 4.42. The minimum absolute atomic E-state index is 0.0228. The molecule has 5 rings (SSSR count). The lowest BCUT2D eigenvalue weighted by molar-refractivity contribution is -0.142. The normalized spacial score (nSPS) is 28.2. The highest BCUT2D eigenvalue weighted by atomic mass is 32.2. The van der Waals surface area contributed by atoms with Crippen LogP contribution in [-0.4, -0.2) is 72.5 Å². The van der Waals surface area contributed by atoms with E-state index < -0.39 is 22.2 Å². The molecule has 34 heavy (non-hydrogen) atoms. The molecule has 0 bridgehead atoms. The third-order valence-electron chi connectivity index (χ3n) is 7.70. The average Bonchev–Trinajstić information content (AvgIpc) is 3.46. The van der Waals surface area contributed by atoms with Crippen LogP contribution in [0, 0.1) is 23.2 Å². The Labute approximate surface area is 200 Å². The van der Waals surface area contributed by atoms with Crippen molar-refractivity contribution in [1.29, 1.82) is 5.26 Å². The van der Waals surface area contributed by atoms with E-state index in [4.69, 9.17) is 5.26 Å². The first kappa shape index (κ1) is 23.3. The van der Waals surface area contributed by atoms with Crippen LogP contribution in [0.25, 0.3) is 0 Å². The summed E-state index contributed by atoms with van der Waals surface area (Å²) in [6, 6.07) is 9.71. The monoisotopic (exact) mass is 485 g/mol. The summed E-state index contributed by atoms with van der Waals surface area (Å²) < 4.78 is 28.6. The van der Waals surface area contributed by atoms with Crippen molar-refractivity contribution in [3.63, 3.8) is 0 Å². The van der Waals surface area contributed by atoms with Gasteiger partial charge in [-0.15, -0.1) is 0 Å². The summed E-state index contributed by atoms with van der Waals surface area (Å²) >= 11 is 0. The molecule has 1 N–H and O–H groups in total. The summed E-state index contributed by atoms with van der Waals surface area (Å²) in [7, 11) is -3.67. The number of rotatable bonds is 5. The van der Waals surface area contributed by atoms with Crippen molar-refractivity contribution in [1.82, 2.24) is 18.8 Å². The maximum absolute atomic E-state index is 13.4. The summed E-state index contributed by atoms with van der Waals surface area (Å²) in [5.74, 6) is -0.941. The topological polar surface area (TPSA) is 114 Å². The fraction of sp³-hybridized carbons (Fsp3) is 0.625. The van der Waals surface area contributed by atoms with Crippen molar-refractivity contribution in [3.8, 4) is 6.07 Å². The van der Waals surface area contributed by atoms with Gasteiger partial charge >= 0.3 is 0 Å². The number of hydrogen-bond donors (Lipinski definition) is 1. The van der Waals surface area contributed by atoms with Gasteiger partial charge in [-0.2, -0.15) is 22.3 Å². The van der Waals surface area contributed by atoms with E-state index in [-0.39, 0.29) is 43.4 Å². The van der Waals surface area contributed by atoms with E-state index in [9.17, 15) is 18.0 Å². The lowest BCUT2D eigenvalue weighted by atomic mass is 9.97. The highest BCUT2D eigenvalue weighted by molar-refractivity contribution is 7.86. The highest BCUT2D eigenvalue weighted by Crippen LogP contribution is 2.32. The summed E-state index contributed by atoms with van der Waals surface area (Å²) in [4.78, 5) is 28.3. The van der Waals surface area contributed by atoms with Crippen LogP contribution in [0.2, 0.25) is 0 Å². The van der Waals surface area contributed by atoms with E-state index in [1.165, 1.54) is 14.2 Å². The molecule has 1 aliphatic carbocycles. The second-order valence-corrected chi connectivity index (χ2v) is 11.8. The lowest BCUT2D eigenvalue weighted by Gasteiger charge is -2.41. The van der Waals surface area contributed by atoms with Gasteiger partial charge in [0, 0.05) is 32.7 Å². The molecule has 3 atom stereocenters. The molecule has 0 spiro atoms. The molecule has 3 aliphatic heterocycles. The number of nitrogens with zero attached hydrogens (tertiary/aromatic N) is 4. The molecule has 10 heteroatoms. The SMILES string of the molecule is N#CC1CN(S(=O)(=O)N2CCCC(C(=O)N3CCC[C@@H]3C(=O)NC3CCc4ccccc43)C2)C1. The van der Waals surface area contributed by atoms with Gasteiger partial charge in [-0.25, -0.2) is 0 Å². The Morgan fingerprint density at radius 1 is 1.00 bits per heavy atom. The highest BCUT2D eigenvalue weighted by Gasteiger charge is 2.44. The maximum Gasteiger partial charge on any atom is 0.282 e. The number of nitrogens with one attached hydrogen (secondary N) is 1. The summed E-state index contributed by atoms with van der Waals surface area (Å²) in [5.41, 5.74) is 2.42. The van der Waals surface area contributed by atoms with E-state index in [1.54, 1.807) is 4.90 Å². The molecule has 3 fully saturated rings. The first-order valence-electron chi connectivity index (χ1n) is 12.2. The lowest BCUT2D eigenvalue weighted by Crippen LogP contribution is -2.57. The van der Waals surface area contributed by atoms with Crippen LogP contribution >= 0.6 is 0 Å². The zero-order valence-electron chi connectivity index (χ0n) is 19.2. The number of fused-ring (bicyclic) bond motifs is 1. The van der Waals surface area contributed by atoms with Gasteiger partial charge in [-0.1, -0.05) is 24.3 Å². The van der Waals surface area contributed by atoms with Crippen LogP contribution in [-0.2, 0) is 26.2 Å². The second-order valence-electron chi connectivity index (χ2n) is 9.84. The molecule has 2 unspecified atom stereocenters. The quantitative estimate of drug-likeness (QED) is 0.673. The van der Waals surface area contributed by atoms with Crippen LogP contribution in [0.1, 0.15) is 49.3 Å². The van der Waals surface area contributed by atoms with Crippen LogP contribution < -0.4 is 5.32 Å². The van der Waals surface area contributed by atoms with Crippen molar-refractivity contribution in [2.24, 2.45) is 11.8 Å². The minimum Gasteiger partial charge on any atom is -0.347 e. The predicted octanol–water partition coefficient (Wildman–Crippen LogP) is 1.19. The van der Waals surface area contributed by atoms with Crippen LogP contribution in [0.5, 0.6) is 0 Å². The largest absolute Gasteiger partial charge is 0.347 e. The fourth-order valence-corrected chi connectivity index (χ4v) is 7.53. The van der Waals surface area contributed by atoms with Gasteiger partial charge in [0.15, 0.2) is 0 Å². The molecule has 4 aliphatic rings. The van der Waals surface area contributed by atoms with E-state index in [0.717, 1.165) is 24.8 Å². The first-order chi connectivity index (χ1) is 16.4. The van der Waals surface area contributed by atoms with E-state index in [0.29, 0.717) is 32.4 Å². The molecular weight excluding hydrogens is 454 g/mol. The van der Waals surface area contributed by atoms with Gasteiger partial charge in [0.1, 0.15) is 6.04 Å². The number of nitriles is 1. The number of amides is 2. The van der Waals surface area contributed by atoms with Gasteiger partial charge in [0.2, 0.25) is 11.8 Å². The van der Waals surface area contributed by atoms with Crippen molar-refractivity contribution in [3.05, 3.63) is 35.4 Å². The number of carbonyl (C=O) groups is 2. The Morgan fingerprint density at radius 3 is 2.56 bits per heavy atom. The van der Waals surface area contributed by atoms with Crippen molar-refractivity contribution < 1.29 is 18.0 Å². The van der Waals surface area contributed by atoms with Gasteiger partial charge in [0.25, 0.3) is 10.2 Å². The Balaban J connectivity index is 1.22. The molecule has 0 radical (unpaired) electrons. The van der Waals surface area contributed by atoms with Crippen molar-refractivity contribution >= 4 is 22.0 Å². The standard InChI is InChI=1S/C24H31N5O4S/c25-13-17-14-28(15-17)34(32,33)27-11-3-6-19(16-27)24(31)29-12-4-8-22(29)23(30)26-21-10-9-18-5-1-2-7-20(18)21/h1-2,5,7,17,19,21-22H,3-4,6,8-12,14-16H2,(H,26,30)/t19?,21?,22-/m1/s1. The Bertz CT molecular complexity index is 1110. The van der Waals surface area contributed by atoms with Crippen molar-refractivity contribution in [2.45, 2.75) is 50.6 Å². The molecule has 2 amide bonds. The Kier molecular flexibility index (Phi) is 6.35. The number of piperidine rings is 1. The molecule has 9 nitrogen and oxygen atoms in total. The molecule has 182 valence electrons. The fourth-order valence-electron chi connectivity index (χ4n) is 5.74. The predicted molar refractivity (Wildman–Crippen MR) is 124 cm³/mol. The van der Waals surface area contributed by atoms with Gasteiger partial charge in [-0.3, -0.25) is 9.59 Å². The summed E-state index contributed by atoms with van der Waals surface area (Å²) in [5, 5.41) is 12.1. The minimum atomic E-state index is -3.67. The van der Waals surface area contributed by atoms with Gasteiger partial charge in [-0.05, 0) is 49.7 Å². The molecule has 1 aromatic carbocycles. The Hall–Kier alpha value is -2.48. The number of benzene rings is 1. The molecule has 1 aromatic rings. The maximum atomic E-state index is 13.4. The van der Waals surface area contributed by atoms with E-state index in [1.807, 2.05) is 12.1 Å². The molecule has 0 aromatic heterocycles.